The largest absolute Gasteiger partial charge is 0.365 e. The second-order valence-corrected chi connectivity index (χ2v) is 6.35. The first kappa shape index (κ1) is 15.9. The van der Waals surface area contributed by atoms with Gasteiger partial charge in [0.15, 0.2) is 0 Å². The van der Waals surface area contributed by atoms with Gasteiger partial charge >= 0.3 is 5.97 Å². The van der Waals surface area contributed by atoms with Crippen LogP contribution in [0.5, 0.6) is 0 Å². The first-order valence-corrected chi connectivity index (χ1v) is 7.61. The number of hydrogen-bond donors (Lipinski definition) is 0. The van der Waals surface area contributed by atoms with Gasteiger partial charge in [-0.1, -0.05) is 28.4 Å². The van der Waals surface area contributed by atoms with Crippen molar-refractivity contribution in [2.45, 2.75) is 20.8 Å². The summed E-state index contributed by atoms with van der Waals surface area (Å²) in [4.78, 5) is 22.0. The van der Waals surface area contributed by atoms with Crippen molar-refractivity contribution in [1.29, 1.82) is 0 Å². The van der Waals surface area contributed by atoms with Gasteiger partial charge in [0.05, 0.1) is 36.9 Å². The minimum atomic E-state index is -0.591. The van der Waals surface area contributed by atoms with E-state index < -0.39 is 5.97 Å². The molecule has 0 amide bonds. The molecule has 2 aromatic rings. The Morgan fingerprint density at radius 3 is 2.57 bits per heavy atom. The molecule has 0 atom stereocenters. The van der Waals surface area contributed by atoms with Gasteiger partial charge in [0.2, 0.25) is 0 Å². The number of rotatable bonds is 3. The topological polar surface area (TPSA) is 51.5 Å². The number of benzene rings is 1. The van der Waals surface area contributed by atoms with E-state index in [-0.39, 0.29) is 5.56 Å². The molecule has 0 unspecified atom stereocenters. The summed E-state index contributed by atoms with van der Waals surface area (Å²) in [5, 5.41) is 5.47. The minimum Gasteiger partial charge on any atom is -0.313 e. The summed E-state index contributed by atoms with van der Waals surface area (Å²) < 4.78 is 0. The average molecular weight is 343 g/mol. The van der Waals surface area contributed by atoms with E-state index in [9.17, 15) is 4.79 Å². The summed E-state index contributed by atoms with van der Waals surface area (Å²) in [5.41, 5.74) is 1.76. The lowest BCUT2D eigenvalue weighted by molar-refractivity contribution is 0.0516. The van der Waals surface area contributed by atoms with E-state index in [0.29, 0.717) is 15.8 Å². The third-order valence-corrected chi connectivity index (χ3v) is 4.57. The molecule has 0 saturated carbocycles. The van der Waals surface area contributed by atoms with Crippen molar-refractivity contribution in [2.24, 2.45) is 5.16 Å². The maximum atomic E-state index is 11.9. The summed E-state index contributed by atoms with van der Waals surface area (Å²) in [6.07, 6.45) is 0. The molecule has 2 rings (SSSR count). The van der Waals surface area contributed by atoms with E-state index in [0.717, 1.165) is 15.6 Å². The Hall–Kier alpha value is -1.43. The maximum Gasteiger partial charge on any atom is 0.365 e. The van der Waals surface area contributed by atoms with E-state index in [1.807, 2.05) is 13.8 Å². The lowest BCUT2D eigenvalue weighted by Gasteiger charge is -2.01. The summed E-state index contributed by atoms with van der Waals surface area (Å²) in [7, 11) is 0. The van der Waals surface area contributed by atoms with Crippen LogP contribution >= 0.6 is 34.5 Å². The highest BCUT2D eigenvalue weighted by Crippen LogP contribution is 2.23. The van der Waals surface area contributed by atoms with Gasteiger partial charge in [0.25, 0.3) is 0 Å². The number of hydrogen-bond acceptors (Lipinski definition) is 5. The number of nitrogens with zero attached hydrogens (tertiary/aromatic N) is 2. The van der Waals surface area contributed by atoms with Crippen LogP contribution in [0.15, 0.2) is 23.4 Å². The third-order valence-electron chi connectivity index (χ3n) is 2.65. The summed E-state index contributed by atoms with van der Waals surface area (Å²) in [6.45, 7) is 5.57. The molecular weight excluding hydrogens is 331 g/mol. The lowest BCUT2D eigenvalue weighted by Crippen LogP contribution is -2.04. The molecule has 0 bridgehead atoms. The Balaban J connectivity index is 2.14. The monoisotopic (exact) mass is 342 g/mol. The first-order valence-electron chi connectivity index (χ1n) is 6.04. The molecular formula is C14H12Cl2N2O2S. The molecule has 0 saturated heterocycles. The molecule has 21 heavy (non-hydrogen) atoms. The zero-order valence-electron chi connectivity index (χ0n) is 11.6. The predicted octanol–water partition coefficient (Wildman–Crippen LogP) is 4.65. The number of aromatic nitrogens is 1. The SMILES string of the molecule is CC(=NOC(=O)c1ccc(Cl)c(Cl)c1)c1sc(C)nc1C. The second kappa shape index (κ2) is 6.56. The molecule has 0 aliphatic carbocycles. The van der Waals surface area contributed by atoms with Gasteiger partial charge in [0.1, 0.15) is 0 Å². The molecule has 0 N–H and O–H groups in total. The standard InChI is InChI=1S/C14H12Cl2N2O2S/c1-7-13(21-9(3)17-7)8(2)18-20-14(19)10-4-5-11(15)12(16)6-10/h4-6H,1-3H3. The Morgan fingerprint density at radius 1 is 1.29 bits per heavy atom. The lowest BCUT2D eigenvalue weighted by atomic mass is 10.2. The smallest absolute Gasteiger partial charge is 0.313 e. The van der Waals surface area contributed by atoms with Crippen molar-refractivity contribution in [1.82, 2.24) is 4.98 Å². The van der Waals surface area contributed by atoms with Crippen molar-refractivity contribution in [3.05, 3.63) is 49.4 Å². The highest BCUT2D eigenvalue weighted by atomic mass is 35.5. The van der Waals surface area contributed by atoms with Crippen LogP contribution in [-0.4, -0.2) is 16.7 Å². The molecule has 0 spiro atoms. The fourth-order valence-corrected chi connectivity index (χ4v) is 2.85. The van der Waals surface area contributed by atoms with Crippen molar-refractivity contribution in [3.8, 4) is 0 Å². The van der Waals surface area contributed by atoms with Gasteiger partial charge in [-0.15, -0.1) is 11.3 Å². The predicted molar refractivity (Wildman–Crippen MR) is 85.7 cm³/mol. The second-order valence-electron chi connectivity index (χ2n) is 4.33. The first-order chi connectivity index (χ1) is 9.88. The molecule has 110 valence electrons. The molecule has 0 radical (unpaired) electrons. The van der Waals surface area contributed by atoms with Crippen molar-refractivity contribution >= 4 is 46.2 Å². The van der Waals surface area contributed by atoms with Crippen LogP contribution in [0.3, 0.4) is 0 Å². The number of halogens is 2. The van der Waals surface area contributed by atoms with Gasteiger partial charge < -0.3 is 4.84 Å². The summed E-state index contributed by atoms with van der Waals surface area (Å²) >= 11 is 13.2. The molecule has 0 aliphatic heterocycles. The zero-order valence-corrected chi connectivity index (χ0v) is 13.9. The Morgan fingerprint density at radius 2 is 2.00 bits per heavy atom. The van der Waals surface area contributed by atoms with E-state index in [2.05, 4.69) is 10.1 Å². The highest BCUT2D eigenvalue weighted by molar-refractivity contribution is 7.13. The third kappa shape index (κ3) is 3.81. The van der Waals surface area contributed by atoms with Crippen molar-refractivity contribution < 1.29 is 9.63 Å². The van der Waals surface area contributed by atoms with Gasteiger partial charge in [0, 0.05) is 0 Å². The van der Waals surface area contributed by atoms with Crippen LogP contribution in [-0.2, 0) is 4.84 Å². The number of aryl methyl sites for hydroxylation is 2. The fourth-order valence-electron chi connectivity index (χ4n) is 1.69. The van der Waals surface area contributed by atoms with Crippen LogP contribution in [0.2, 0.25) is 10.0 Å². The molecule has 4 nitrogen and oxygen atoms in total. The minimum absolute atomic E-state index is 0.290. The van der Waals surface area contributed by atoms with Crippen LogP contribution in [0.25, 0.3) is 0 Å². The Bertz CT molecular complexity index is 726. The van der Waals surface area contributed by atoms with Crippen molar-refractivity contribution in [2.75, 3.05) is 0 Å². The highest BCUT2D eigenvalue weighted by Gasteiger charge is 2.12. The quantitative estimate of drug-likeness (QED) is 0.463. The van der Waals surface area contributed by atoms with Crippen LogP contribution in [0, 0.1) is 13.8 Å². The van der Waals surface area contributed by atoms with E-state index in [1.54, 1.807) is 6.92 Å². The van der Waals surface area contributed by atoms with Gasteiger partial charge in [-0.3, -0.25) is 0 Å². The van der Waals surface area contributed by atoms with Gasteiger partial charge in [-0.05, 0) is 39.0 Å². The number of thiazole rings is 1. The molecule has 0 fully saturated rings. The number of carbonyl (C=O) groups excluding carboxylic acids is 1. The Labute approximate surface area is 136 Å². The molecule has 1 heterocycles. The van der Waals surface area contributed by atoms with Crippen LogP contribution in [0.4, 0.5) is 0 Å². The van der Waals surface area contributed by atoms with Crippen LogP contribution < -0.4 is 0 Å². The van der Waals surface area contributed by atoms with E-state index in [4.69, 9.17) is 28.0 Å². The van der Waals surface area contributed by atoms with E-state index >= 15 is 0 Å². The molecule has 7 heteroatoms. The molecule has 1 aromatic carbocycles. The van der Waals surface area contributed by atoms with E-state index in [1.165, 1.54) is 29.5 Å². The normalized spacial score (nSPS) is 11.6. The van der Waals surface area contributed by atoms with Gasteiger partial charge in [-0.2, -0.15) is 0 Å². The number of carbonyl (C=O) groups is 1. The summed E-state index contributed by atoms with van der Waals surface area (Å²) in [6, 6.07) is 4.51. The summed E-state index contributed by atoms with van der Waals surface area (Å²) in [5.74, 6) is -0.591. The maximum absolute atomic E-state index is 11.9. The Kier molecular flexibility index (Phi) is 4.98. The van der Waals surface area contributed by atoms with Crippen LogP contribution in [0.1, 0.15) is 32.9 Å². The zero-order chi connectivity index (χ0) is 15.6. The molecule has 1 aromatic heterocycles. The molecule has 0 aliphatic rings. The average Bonchev–Trinajstić information content (AvgIpc) is 2.77. The van der Waals surface area contributed by atoms with Gasteiger partial charge in [-0.25, -0.2) is 9.78 Å². The van der Waals surface area contributed by atoms with Crippen molar-refractivity contribution in [3.63, 3.8) is 0 Å². The fraction of sp³-hybridized carbons (Fsp3) is 0.214. The number of oxime groups is 1.